The Labute approximate surface area is 126 Å². The van der Waals surface area contributed by atoms with Crippen LogP contribution in [0.2, 0.25) is 0 Å². The molecule has 1 fully saturated rings. The zero-order chi connectivity index (χ0) is 14.5. The molecule has 1 aliphatic heterocycles. The molecule has 21 heavy (non-hydrogen) atoms. The van der Waals surface area contributed by atoms with Crippen LogP contribution >= 0.6 is 0 Å². The summed E-state index contributed by atoms with van der Waals surface area (Å²) in [5.74, 6) is 1.06. The summed E-state index contributed by atoms with van der Waals surface area (Å²) in [7, 11) is 0. The van der Waals surface area contributed by atoms with Crippen LogP contribution in [0.3, 0.4) is 0 Å². The number of fused-ring (bicyclic) bond motifs is 1. The van der Waals surface area contributed by atoms with E-state index in [0.29, 0.717) is 0 Å². The van der Waals surface area contributed by atoms with Gasteiger partial charge in [-0.1, -0.05) is 36.4 Å². The molecule has 0 aliphatic carbocycles. The largest absolute Gasteiger partial charge is 0.357 e. The molecule has 1 saturated heterocycles. The zero-order valence-corrected chi connectivity index (χ0v) is 12.7. The van der Waals surface area contributed by atoms with Crippen LogP contribution in [0.25, 0.3) is 10.8 Å². The molecule has 3 rings (SSSR count). The minimum Gasteiger partial charge on any atom is -0.357 e. The lowest BCUT2D eigenvalue weighted by Crippen LogP contribution is -2.39. The molecule has 3 nitrogen and oxygen atoms in total. The number of rotatable bonds is 3. The van der Waals surface area contributed by atoms with Crippen molar-refractivity contribution in [3.05, 3.63) is 48.0 Å². The first-order chi connectivity index (χ1) is 10.4. The fourth-order valence-corrected chi connectivity index (χ4v) is 2.86. The van der Waals surface area contributed by atoms with Crippen molar-refractivity contribution in [2.45, 2.75) is 26.3 Å². The zero-order valence-electron chi connectivity index (χ0n) is 12.7. The Kier molecular flexibility index (Phi) is 4.39. The molecule has 0 spiro atoms. The molecule has 0 bridgehead atoms. The van der Waals surface area contributed by atoms with E-state index >= 15 is 0 Å². The Hall–Kier alpha value is -2.03. The molecule has 0 unspecified atom stereocenters. The van der Waals surface area contributed by atoms with Crippen molar-refractivity contribution in [1.82, 2.24) is 10.2 Å². The molecule has 1 N–H and O–H groups in total. The van der Waals surface area contributed by atoms with E-state index in [1.165, 1.54) is 29.2 Å². The van der Waals surface area contributed by atoms with Gasteiger partial charge in [0.1, 0.15) is 0 Å². The first-order valence-electron chi connectivity index (χ1n) is 7.88. The Bertz CT molecular complexity index is 627. The fourth-order valence-electron chi connectivity index (χ4n) is 2.86. The molecule has 0 saturated carbocycles. The van der Waals surface area contributed by atoms with Gasteiger partial charge in [-0.3, -0.25) is 0 Å². The lowest BCUT2D eigenvalue weighted by atomic mass is 10.1. The van der Waals surface area contributed by atoms with Gasteiger partial charge in [0, 0.05) is 19.6 Å². The van der Waals surface area contributed by atoms with Crippen LogP contribution < -0.4 is 5.32 Å². The SMILES string of the molecule is CCNC(=NCc1ccc2ccccc2c1)N1CCCC1. The van der Waals surface area contributed by atoms with E-state index in [4.69, 9.17) is 4.99 Å². The molecule has 0 atom stereocenters. The molecule has 0 amide bonds. The summed E-state index contributed by atoms with van der Waals surface area (Å²) in [6, 6.07) is 15.1. The summed E-state index contributed by atoms with van der Waals surface area (Å²) in [4.78, 5) is 7.17. The van der Waals surface area contributed by atoms with Crippen LogP contribution in [-0.2, 0) is 6.54 Å². The number of nitrogens with one attached hydrogen (secondary N) is 1. The second-order valence-electron chi connectivity index (χ2n) is 5.55. The van der Waals surface area contributed by atoms with E-state index < -0.39 is 0 Å². The highest BCUT2D eigenvalue weighted by Crippen LogP contribution is 2.16. The topological polar surface area (TPSA) is 27.6 Å². The van der Waals surface area contributed by atoms with E-state index in [-0.39, 0.29) is 0 Å². The smallest absolute Gasteiger partial charge is 0.194 e. The number of aliphatic imine (C=N–C) groups is 1. The van der Waals surface area contributed by atoms with Crippen LogP contribution in [0.4, 0.5) is 0 Å². The molecular formula is C18H23N3. The summed E-state index contributed by atoms with van der Waals surface area (Å²) in [5.41, 5.74) is 1.27. The fraction of sp³-hybridized carbons (Fsp3) is 0.389. The van der Waals surface area contributed by atoms with Crippen molar-refractivity contribution in [3.8, 4) is 0 Å². The standard InChI is InChI=1S/C18H23N3/c1-2-19-18(21-11-5-6-12-21)20-14-15-9-10-16-7-3-4-8-17(16)13-15/h3-4,7-10,13H,2,5-6,11-12,14H2,1H3,(H,19,20). The van der Waals surface area contributed by atoms with Crippen LogP contribution in [0.5, 0.6) is 0 Å². The summed E-state index contributed by atoms with van der Waals surface area (Å²) in [6.07, 6.45) is 2.56. The molecule has 1 heterocycles. The van der Waals surface area contributed by atoms with Gasteiger partial charge in [-0.05, 0) is 42.2 Å². The second-order valence-corrected chi connectivity index (χ2v) is 5.55. The van der Waals surface area contributed by atoms with Crippen molar-refractivity contribution in [3.63, 3.8) is 0 Å². The Balaban J connectivity index is 1.77. The Morgan fingerprint density at radius 2 is 1.86 bits per heavy atom. The van der Waals surface area contributed by atoms with Gasteiger partial charge in [-0.2, -0.15) is 0 Å². The number of hydrogen-bond donors (Lipinski definition) is 1. The summed E-state index contributed by atoms with van der Waals surface area (Å²) in [5, 5.41) is 5.98. The number of likely N-dealkylation sites (tertiary alicyclic amines) is 1. The first kappa shape index (κ1) is 13.9. The minimum atomic E-state index is 0.740. The molecule has 2 aromatic rings. The summed E-state index contributed by atoms with van der Waals surface area (Å²) >= 11 is 0. The maximum absolute atomic E-state index is 4.80. The van der Waals surface area contributed by atoms with E-state index in [0.717, 1.165) is 32.1 Å². The van der Waals surface area contributed by atoms with Gasteiger partial charge in [0.05, 0.1) is 6.54 Å². The highest BCUT2D eigenvalue weighted by atomic mass is 15.3. The third-order valence-electron chi connectivity index (χ3n) is 3.97. The highest BCUT2D eigenvalue weighted by Gasteiger charge is 2.15. The molecule has 2 aromatic carbocycles. The summed E-state index contributed by atoms with van der Waals surface area (Å²) < 4.78 is 0. The molecule has 0 aromatic heterocycles. The number of benzene rings is 2. The van der Waals surface area contributed by atoms with E-state index in [1.54, 1.807) is 0 Å². The quantitative estimate of drug-likeness (QED) is 0.690. The van der Waals surface area contributed by atoms with Gasteiger partial charge in [0.25, 0.3) is 0 Å². The monoisotopic (exact) mass is 281 g/mol. The van der Waals surface area contributed by atoms with E-state index in [2.05, 4.69) is 59.6 Å². The Morgan fingerprint density at radius 3 is 2.62 bits per heavy atom. The van der Waals surface area contributed by atoms with Gasteiger partial charge in [0.2, 0.25) is 0 Å². The average Bonchev–Trinajstić information content (AvgIpc) is 3.05. The molecule has 3 heteroatoms. The predicted molar refractivity (Wildman–Crippen MR) is 89.6 cm³/mol. The predicted octanol–water partition coefficient (Wildman–Crippen LogP) is 3.40. The molecular weight excluding hydrogens is 258 g/mol. The van der Waals surface area contributed by atoms with E-state index in [1.807, 2.05) is 0 Å². The highest BCUT2D eigenvalue weighted by molar-refractivity contribution is 5.83. The van der Waals surface area contributed by atoms with Gasteiger partial charge in [-0.25, -0.2) is 4.99 Å². The average molecular weight is 281 g/mol. The normalized spacial score (nSPS) is 15.7. The molecule has 1 aliphatic rings. The lowest BCUT2D eigenvalue weighted by molar-refractivity contribution is 0.493. The van der Waals surface area contributed by atoms with Crippen molar-refractivity contribution in [1.29, 1.82) is 0 Å². The number of nitrogens with zero attached hydrogens (tertiary/aromatic N) is 2. The van der Waals surface area contributed by atoms with Crippen molar-refractivity contribution < 1.29 is 0 Å². The Morgan fingerprint density at radius 1 is 1.10 bits per heavy atom. The van der Waals surface area contributed by atoms with Crippen LogP contribution in [0.15, 0.2) is 47.5 Å². The minimum absolute atomic E-state index is 0.740. The first-order valence-corrected chi connectivity index (χ1v) is 7.88. The molecule has 0 radical (unpaired) electrons. The second kappa shape index (κ2) is 6.61. The van der Waals surface area contributed by atoms with Gasteiger partial charge in [0.15, 0.2) is 5.96 Å². The lowest BCUT2D eigenvalue weighted by Gasteiger charge is -2.20. The number of guanidine groups is 1. The summed E-state index contributed by atoms with van der Waals surface area (Å²) in [6.45, 7) is 6.05. The maximum Gasteiger partial charge on any atom is 0.194 e. The van der Waals surface area contributed by atoms with Crippen molar-refractivity contribution in [2.24, 2.45) is 4.99 Å². The molecule has 110 valence electrons. The van der Waals surface area contributed by atoms with Crippen LogP contribution in [-0.4, -0.2) is 30.5 Å². The number of hydrogen-bond acceptors (Lipinski definition) is 1. The van der Waals surface area contributed by atoms with Crippen molar-refractivity contribution >= 4 is 16.7 Å². The third-order valence-corrected chi connectivity index (χ3v) is 3.97. The van der Waals surface area contributed by atoms with Crippen LogP contribution in [0, 0.1) is 0 Å². The van der Waals surface area contributed by atoms with E-state index in [9.17, 15) is 0 Å². The maximum atomic E-state index is 4.80. The van der Waals surface area contributed by atoms with Crippen LogP contribution in [0.1, 0.15) is 25.3 Å². The van der Waals surface area contributed by atoms with Gasteiger partial charge < -0.3 is 10.2 Å². The van der Waals surface area contributed by atoms with Gasteiger partial charge >= 0.3 is 0 Å². The third kappa shape index (κ3) is 3.35. The van der Waals surface area contributed by atoms with Crippen molar-refractivity contribution in [2.75, 3.05) is 19.6 Å². The van der Waals surface area contributed by atoms with Gasteiger partial charge in [-0.15, -0.1) is 0 Å².